The van der Waals surface area contributed by atoms with E-state index in [2.05, 4.69) is 27.4 Å². The third-order valence-corrected chi connectivity index (χ3v) is 3.39. The zero-order chi connectivity index (χ0) is 9.38. The third-order valence-electron chi connectivity index (χ3n) is 2.26. The van der Waals surface area contributed by atoms with E-state index < -0.39 is 0 Å². The summed E-state index contributed by atoms with van der Waals surface area (Å²) in [6, 6.07) is 0. The smallest absolute Gasteiger partial charge is 0.147 e. The first kappa shape index (κ1) is 8.05. The van der Waals surface area contributed by atoms with Crippen LogP contribution in [0.15, 0.2) is 40.2 Å². The molecule has 1 aromatic heterocycles. The summed E-state index contributed by atoms with van der Waals surface area (Å²) >= 11 is 1.75. The van der Waals surface area contributed by atoms with Crippen LogP contribution in [0.1, 0.15) is 12.8 Å². The van der Waals surface area contributed by atoms with Crippen molar-refractivity contribution >= 4 is 17.6 Å². The summed E-state index contributed by atoms with van der Waals surface area (Å²) in [5.74, 6) is 0.926. The molecule has 2 heterocycles. The lowest BCUT2D eigenvalue weighted by Gasteiger charge is -2.23. The van der Waals surface area contributed by atoms with Crippen molar-refractivity contribution in [3.63, 3.8) is 0 Å². The average molecular weight is 203 g/mol. The summed E-state index contributed by atoms with van der Waals surface area (Å²) in [7, 11) is 0. The van der Waals surface area contributed by atoms with Crippen LogP contribution >= 0.6 is 11.8 Å². The molecule has 2 aliphatic rings. The molecule has 1 aliphatic carbocycles. The van der Waals surface area contributed by atoms with Crippen molar-refractivity contribution in [2.75, 3.05) is 5.32 Å². The second-order valence-electron chi connectivity index (χ2n) is 3.23. The number of hydrogen-bond donors (Lipinski definition) is 1. The fourth-order valence-electron chi connectivity index (χ4n) is 1.59. The van der Waals surface area contributed by atoms with Gasteiger partial charge in [0.15, 0.2) is 0 Å². The monoisotopic (exact) mass is 203 g/mol. The molecule has 0 spiro atoms. The van der Waals surface area contributed by atoms with E-state index in [9.17, 15) is 0 Å². The van der Waals surface area contributed by atoms with Crippen LogP contribution in [0.5, 0.6) is 0 Å². The fraction of sp³-hybridized carbons (Fsp3) is 0.200. The average Bonchev–Trinajstić information content (AvgIpc) is 2.26. The normalized spacial score (nSPS) is 18.6. The van der Waals surface area contributed by atoms with E-state index in [-0.39, 0.29) is 0 Å². The second-order valence-corrected chi connectivity index (χ2v) is 4.31. The van der Waals surface area contributed by atoms with Gasteiger partial charge in [-0.15, -0.1) is 0 Å². The number of allylic oxidation sites excluding steroid dienone is 2. The molecule has 14 heavy (non-hydrogen) atoms. The number of aromatic nitrogens is 2. The third kappa shape index (κ3) is 1.23. The van der Waals surface area contributed by atoms with Crippen molar-refractivity contribution in [3.05, 3.63) is 35.3 Å². The largest absolute Gasteiger partial charge is 0.339 e. The molecule has 3 nitrogen and oxygen atoms in total. The Balaban J connectivity index is 2.07. The summed E-state index contributed by atoms with van der Waals surface area (Å²) in [4.78, 5) is 10.6. The Morgan fingerprint density at radius 3 is 3.21 bits per heavy atom. The molecule has 3 rings (SSSR count). The lowest BCUT2D eigenvalue weighted by Crippen LogP contribution is -2.10. The molecule has 4 heteroatoms. The predicted molar refractivity (Wildman–Crippen MR) is 56.9 cm³/mol. The first-order valence-corrected chi connectivity index (χ1v) is 5.41. The van der Waals surface area contributed by atoms with Crippen molar-refractivity contribution in [1.82, 2.24) is 9.97 Å². The van der Waals surface area contributed by atoms with Crippen molar-refractivity contribution < 1.29 is 0 Å². The number of fused-ring (bicyclic) bond motifs is 2. The highest BCUT2D eigenvalue weighted by atomic mass is 32.2. The van der Waals surface area contributed by atoms with E-state index in [4.69, 9.17) is 0 Å². The van der Waals surface area contributed by atoms with Gasteiger partial charge >= 0.3 is 0 Å². The van der Waals surface area contributed by atoms with Crippen LogP contribution in [0.2, 0.25) is 0 Å². The van der Waals surface area contributed by atoms with Crippen LogP contribution in [-0.4, -0.2) is 9.97 Å². The summed E-state index contributed by atoms with van der Waals surface area (Å²) in [5.41, 5.74) is 1.20. The highest BCUT2D eigenvalue weighted by molar-refractivity contribution is 8.03. The van der Waals surface area contributed by atoms with Crippen LogP contribution in [-0.2, 0) is 0 Å². The molecule has 0 amide bonds. The van der Waals surface area contributed by atoms with Gasteiger partial charge in [-0.2, -0.15) is 0 Å². The van der Waals surface area contributed by atoms with Gasteiger partial charge in [-0.1, -0.05) is 23.9 Å². The van der Waals surface area contributed by atoms with Gasteiger partial charge in [-0.3, -0.25) is 0 Å². The van der Waals surface area contributed by atoms with Gasteiger partial charge in [0, 0.05) is 16.8 Å². The minimum Gasteiger partial charge on any atom is -0.339 e. The highest BCUT2D eigenvalue weighted by Crippen LogP contribution is 2.42. The van der Waals surface area contributed by atoms with Gasteiger partial charge in [-0.05, 0) is 12.8 Å². The van der Waals surface area contributed by atoms with Crippen molar-refractivity contribution in [3.8, 4) is 0 Å². The van der Waals surface area contributed by atoms with Crippen LogP contribution in [0.25, 0.3) is 0 Å². The maximum Gasteiger partial charge on any atom is 0.147 e. The number of anilines is 1. The fourth-order valence-corrected chi connectivity index (χ4v) is 2.59. The summed E-state index contributed by atoms with van der Waals surface area (Å²) < 4.78 is 0. The van der Waals surface area contributed by atoms with Gasteiger partial charge < -0.3 is 5.32 Å². The Labute approximate surface area is 86.3 Å². The summed E-state index contributed by atoms with van der Waals surface area (Å²) in [6.45, 7) is 0. The van der Waals surface area contributed by atoms with Crippen LogP contribution in [0, 0.1) is 0 Å². The first-order chi connectivity index (χ1) is 6.93. The first-order valence-electron chi connectivity index (χ1n) is 4.59. The van der Waals surface area contributed by atoms with Gasteiger partial charge in [0.25, 0.3) is 0 Å². The van der Waals surface area contributed by atoms with E-state index in [0.717, 1.165) is 23.6 Å². The minimum atomic E-state index is 0.926. The molecule has 0 saturated heterocycles. The van der Waals surface area contributed by atoms with Crippen molar-refractivity contribution in [1.29, 1.82) is 0 Å². The number of nitrogens with one attached hydrogen (secondary N) is 1. The topological polar surface area (TPSA) is 37.8 Å². The quantitative estimate of drug-likeness (QED) is 0.703. The number of nitrogens with zero attached hydrogens (tertiary/aromatic N) is 2. The molecular formula is C10H9N3S. The van der Waals surface area contributed by atoms with Crippen molar-refractivity contribution in [2.24, 2.45) is 0 Å². The Hall–Kier alpha value is -1.29. The molecule has 1 N–H and O–H groups in total. The molecular weight excluding hydrogens is 194 g/mol. The van der Waals surface area contributed by atoms with Gasteiger partial charge in [-0.25, -0.2) is 9.97 Å². The standard InChI is InChI=1S/C10H9N3S/c1-2-4-8-7(3-1)13-10-9(14-8)5-11-6-12-10/h3-6H,1-2H2,(H,11,12,13). The van der Waals surface area contributed by atoms with E-state index in [1.54, 1.807) is 18.1 Å². The Kier molecular flexibility index (Phi) is 1.80. The zero-order valence-electron chi connectivity index (χ0n) is 7.53. The molecule has 0 atom stereocenters. The maximum absolute atomic E-state index is 4.20. The van der Waals surface area contributed by atoms with Gasteiger partial charge in [0.1, 0.15) is 12.1 Å². The lowest BCUT2D eigenvalue weighted by molar-refractivity contribution is 0.999. The van der Waals surface area contributed by atoms with Crippen molar-refractivity contribution in [2.45, 2.75) is 17.7 Å². The molecule has 70 valence electrons. The van der Waals surface area contributed by atoms with Gasteiger partial charge in [0.05, 0.1) is 4.90 Å². The molecule has 0 fully saturated rings. The Morgan fingerprint density at radius 2 is 2.21 bits per heavy atom. The van der Waals surface area contributed by atoms with E-state index in [0.29, 0.717) is 0 Å². The van der Waals surface area contributed by atoms with Crippen LogP contribution in [0.3, 0.4) is 0 Å². The van der Waals surface area contributed by atoms with E-state index in [1.807, 2.05) is 6.20 Å². The lowest BCUT2D eigenvalue weighted by atomic mass is 10.1. The zero-order valence-corrected chi connectivity index (χ0v) is 8.34. The second kappa shape index (κ2) is 3.13. The number of rotatable bonds is 0. The van der Waals surface area contributed by atoms with Crippen LogP contribution < -0.4 is 5.32 Å². The summed E-state index contributed by atoms with van der Waals surface area (Å²) in [6.07, 6.45) is 10.2. The molecule has 0 aromatic carbocycles. The molecule has 0 radical (unpaired) electrons. The molecule has 0 unspecified atom stereocenters. The highest BCUT2D eigenvalue weighted by Gasteiger charge is 2.19. The molecule has 1 aromatic rings. The van der Waals surface area contributed by atoms with Gasteiger partial charge in [0.2, 0.25) is 0 Å². The maximum atomic E-state index is 4.20. The SMILES string of the molecule is C1=C2Nc3ncncc3SC2=CCC1. The molecule has 0 bridgehead atoms. The van der Waals surface area contributed by atoms with E-state index in [1.165, 1.54) is 10.6 Å². The number of hydrogen-bond acceptors (Lipinski definition) is 4. The Bertz CT molecular complexity index is 396. The van der Waals surface area contributed by atoms with E-state index >= 15 is 0 Å². The minimum absolute atomic E-state index is 0.926. The van der Waals surface area contributed by atoms with Crippen LogP contribution in [0.4, 0.5) is 5.82 Å². The predicted octanol–water partition coefficient (Wildman–Crippen LogP) is 2.56. The summed E-state index contributed by atoms with van der Waals surface area (Å²) in [5, 5.41) is 3.32. The Morgan fingerprint density at radius 1 is 1.29 bits per heavy atom. The molecule has 0 saturated carbocycles. The number of thioether (sulfide) groups is 1. The molecule has 1 aliphatic heterocycles.